The van der Waals surface area contributed by atoms with Crippen molar-refractivity contribution in [1.29, 1.82) is 0 Å². The largest absolute Gasteiger partial charge is 0.504 e. The molecule has 2 heterocycles. The zero-order valence-electron chi connectivity index (χ0n) is 18.3. The number of methoxy groups -OCH3 is 1. The van der Waals surface area contributed by atoms with E-state index in [0.717, 1.165) is 48.6 Å². The van der Waals surface area contributed by atoms with E-state index in [1.165, 1.54) is 18.9 Å². The summed E-state index contributed by atoms with van der Waals surface area (Å²) < 4.78 is 16.9. The minimum absolute atomic E-state index is 0.0600. The second-order valence-corrected chi connectivity index (χ2v) is 9.30. The molecule has 1 fully saturated rings. The lowest BCUT2D eigenvalue weighted by Crippen LogP contribution is -2.29. The molecule has 1 amide bonds. The highest BCUT2D eigenvalue weighted by atomic mass is 32.2. The van der Waals surface area contributed by atoms with Gasteiger partial charge in [-0.25, -0.2) is 0 Å². The Morgan fingerprint density at radius 3 is 2.82 bits per heavy atom. The number of fused-ring (bicyclic) bond motifs is 1. The quantitative estimate of drug-likeness (QED) is 0.313. The number of ether oxygens (including phenoxy) is 3. The Bertz CT molecular complexity index is 1070. The van der Waals surface area contributed by atoms with Crippen LogP contribution >= 0.6 is 24.0 Å². The maximum atomic E-state index is 12.8. The molecule has 0 spiro atoms. The summed E-state index contributed by atoms with van der Waals surface area (Å²) >= 11 is 6.72. The van der Waals surface area contributed by atoms with Gasteiger partial charge in [-0.3, -0.25) is 9.69 Å². The van der Waals surface area contributed by atoms with E-state index in [9.17, 15) is 9.90 Å². The first kappa shape index (κ1) is 23.4. The number of unbranched alkanes of at least 4 members (excludes halogenated alkanes) is 1. The first-order valence-corrected chi connectivity index (χ1v) is 12.0. The summed E-state index contributed by atoms with van der Waals surface area (Å²) in [6.07, 6.45) is 3.55. The van der Waals surface area contributed by atoms with Crippen LogP contribution in [-0.2, 0) is 11.3 Å². The van der Waals surface area contributed by atoms with Crippen LogP contribution in [0, 0.1) is 0 Å². The van der Waals surface area contributed by atoms with Crippen LogP contribution in [0.15, 0.2) is 41.3 Å². The normalized spacial score (nSPS) is 16.5. The molecule has 0 saturated carbocycles. The van der Waals surface area contributed by atoms with Crippen LogP contribution < -0.4 is 19.5 Å². The molecular formula is C24H26N2O5S2. The average molecular weight is 487 g/mol. The second-order valence-electron chi connectivity index (χ2n) is 7.63. The van der Waals surface area contributed by atoms with E-state index in [-0.39, 0.29) is 11.7 Å². The molecule has 174 valence electrons. The fraction of sp³-hybridized carbons (Fsp3) is 0.333. The average Bonchev–Trinajstić information content (AvgIpc) is 3.09. The number of carbonyl (C=O) groups is 1. The molecule has 2 aromatic rings. The molecule has 2 aliphatic heterocycles. The van der Waals surface area contributed by atoms with Gasteiger partial charge in [0.15, 0.2) is 23.0 Å². The zero-order valence-corrected chi connectivity index (χ0v) is 20.0. The minimum Gasteiger partial charge on any atom is -0.504 e. The minimum atomic E-state index is -0.0821. The van der Waals surface area contributed by atoms with Crippen molar-refractivity contribution in [3.8, 4) is 23.0 Å². The van der Waals surface area contributed by atoms with Gasteiger partial charge in [-0.05, 0) is 60.9 Å². The van der Waals surface area contributed by atoms with E-state index >= 15 is 0 Å². The first-order chi connectivity index (χ1) is 16.0. The molecule has 0 aromatic heterocycles. The molecule has 0 atom stereocenters. The van der Waals surface area contributed by atoms with E-state index in [4.69, 9.17) is 26.4 Å². The summed E-state index contributed by atoms with van der Waals surface area (Å²) in [6.45, 7) is 3.35. The number of hydrogen-bond donors (Lipinski definition) is 2. The van der Waals surface area contributed by atoms with E-state index in [0.29, 0.717) is 34.7 Å². The SMILES string of the molecule is COc1cc(/C=C2\SC(=S)N(CCCCNCc3ccc4c(c3)OCCO4)C2=O)ccc1O. The molecule has 0 radical (unpaired) electrons. The van der Waals surface area contributed by atoms with Crippen LogP contribution in [0.1, 0.15) is 24.0 Å². The van der Waals surface area contributed by atoms with Crippen LogP contribution in [0.2, 0.25) is 0 Å². The summed E-state index contributed by atoms with van der Waals surface area (Å²) in [5.41, 5.74) is 1.92. The smallest absolute Gasteiger partial charge is 0.266 e. The highest BCUT2D eigenvalue weighted by Gasteiger charge is 2.31. The van der Waals surface area contributed by atoms with Gasteiger partial charge in [0, 0.05) is 13.1 Å². The monoisotopic (exact) mass is 486 g/mol. The molecule has 0 bridgehead atoms. The number of rotatable bonds is 9. The third-order valence-corrected chi connectivity index (χ3v) is 6.67. The predicted molar refractivity (Wildman–Crippen MR) is 133 cm³/mol. The van der Waals surface area contributed by atoms with Crippen molar-refractivity contribution < 1.29 is 24.1 Å². The van der Waals surface area contributed by atoms with Crippen molar-refractivity contribution >= 4 is 40.3 Å². The third-order valence-electron chi connectivity index (χ3n) is 5.30. The Morgan fingerprint density at radius 2 is 2.00 bits per heavy atom. The maximum absolute atomic E-state index is 12.8. The number of phenolic OH excluding ortho intramolecular Hbond substituents is 1. The first-order valence-electron chi connectivity index (χ1n) is 10.8. The number of hydrogen-bond acceptors (Lipinski definition) is 8. The summed E-state index contributed by atoms with van der Waals surface area (Å²) in [5, 5.41) is 13.2. The molecular weight excluding hydrogens is 460 g/mol. The molecule has 4 rings (SSSR count). The third kappa shape index (κ3) is 5.79. The van der Waals surface area contributed by atoms with E-state index in [2.05, 4.69) is 5.32 Å². The fourth-order valence-corrected chi connectivity index (χ4v) is 4.89. The van der Waals surface area contributed by atoms with E-state index in [1.54, 1.807) is 29.2 Å². The van der Waals surface area contributed by atoms with Gasteiger partial charge in [-0.15, -0.1) is 0 Å². The molecule has 7 nitrogen and oxygen atoms in total. The van der Waals surface area contributed by atoms with Crippen LogP contribution in [0.4, 0.5) is 0 Å². The summed E-state index contributed by atoms with van der Waals surface area (Å²) in [5.74, 6) is 1.94. The van der Waals surface area contributed by atoms with Gasteiger partial charge in [-0.2, -0.15) is 0 Å². The number of nitrogens with one attached hydrogen (secondary N) is 1. The Morgan fingerprint density at radius 1 is 1.18 bits per heavy atom. The Labute approximate surface area is 202 Å². The van der Waals surface area contributed by atoms with Crippen molar-refractivity contribution in [3.05, 3.63) is 52.4 Å². The van der Waals surface area contributed by atoms with Gasteiger partial charge in [0.1, 0.15) is 17.5 Å². The fourth-order valence-electron chi connectivity index (χ4n) is 3.58. The number of thioether (sulfide) groups is 1. The standard InChI is InChI=1S/C24H26N2O5S2/c1-29-20-12-16(4-6-18(20)27)14-22-23(28)26(24(32)33-22)9-3-2-8-25-15-17-5-7-19-21(13-17)31-11-10-30-19/h4-7,12-14,25,27H,2-3,8-11,15H2,1H3/b22-14-. The van der Waals surface area contributed by atoms with Crippen molar-refractivity contribution in [2.75, 3.05) is 33.4 Å². The maximum Gasteiger partial charge on any atom is 0.266 e. The molecule has 2 aliphatic rings. The van der Waals surface area contributed by atoms with Crippen molar-refractivity contribution in [2.45, 2.75) is 19.4 Å². The molecule has 9 heteroatoms. The van der Waals surface area contributed by atoms with Gasteiger partial charge in [0.2, 0.25) is 0 Å². The highest BCUT2D eigenvalue weighted by molar-refractivity contribution is 8.26. The van der Waals surface area contributed by atoms with Gasteiger partial charge >= 0.3 is 0 Å². The summed E-state index contributed by atoms with van der Waals surface area (Å²) in [4.78, 5) is 15.0. The van der Waals surface area contributed by atoms with Crippen molar-refractivity contribution in [3.63, 3.8) is 0 Å². The molecule has 1 saturated heterocycles. The van der Waals surface area contributed by atoms with Crippen LogP contribution in [-0.4, -0.2) is 53.6 Å². The number of nitrogens with zero attached hydrogens (tertiary/aromatic N) is 1. The van der Waals surface area contributed by atoms with E-state index in [1.807, 2.05) is 18.2 Å². The number of carbonyl (C=O) groups excluding carboxylic acids is 1. The highest BCUT2D eigenvalue weighted by Crippen LogP contribution is 2.34. The lowest BCUT2D eigenvalue weighted by atomic mass is 10.2. The zero-order chi connectivity index (χ0) is 23.2. The molecule has 2 N–H and O–H groups in total. The summed E-state index contributed by atoms with van der Waals surface area (Å²) in [6, 6.07) is 11.0. The van der Waals surface area contributed by atoms with Gasteiger partial charge in [0.05, 0.1) is 12.0 Å². The second kappa shape index (κ2) is 10.9. The Kier molecular flexibility index (Phi) is 7.74. The Hall–Kier alpha value is -2.75. The topological polar surface area (TPSA) is 80.3 Å². The molecule has 33 heavy (non-hydrogen) atoms. The number of amides is 1. The van der Waals surface area contributed by atoms with E-state index < -0.39 is 0 Å². The molecule has 0 unspecified atom stereocenters. The molecule has 2 aromatic carbocycles. The number of aromatic hydroxyl groups is 1. The number of benzene rings is 2. The van der Waals surface area contributed by atoms with Crippen LogP contribution in [0.25, 0.3) is 6.08 Å². The van der Waals surface area contributed by atoms with Gasteiger partial charge < -0.3 is 24.6 Å². The van der Waals surface area contributed by atoms with Gasteiger partial charge in [0.25, 0.3) is 5.91 Å². The lowest BCUT2D eigenvalue weighted by molar-refractivity contribution is -0.122. The Balaban J connectivity index is 1.22. The molecule has 0 aliphatic carbocycles. The van der Waals surface area contributed by atoms with Crippen LogP contribution in [0.5, 0.6) is 23.0 Å². The number of phenols is 1. The predicted octanol–water partition coefficient (Wildman–Crippen LogP) is 3.94. The van der Waals surface area contributed by atoms with Crippen molar-refractivity contribution in [2.24, 2.45) is 0 Å². The lowest BCUT2D eigenvalue weighted by Gasteiger charge is -2.19. The number of thiocarbonyl (C=S) groups is 1. The summed E-state index contributed by atoms with van der Waals surface area (Å²) in [7, 11) is 1.49. The van der Waals surface area contributed by atoms with Crippen LogP contribution in [0.3, 0.4) is 0 Å². The van der Waals surface area contributed by atoms with Gasteiger partial charge in [-0.1, -0.05) is 36.1 Å². The van der Waals surface area contributed by atoms with Crippen molar-refractivity contribution in [1.82, 2.24) is 10.2 Å².